The lowest BCUT2D eigenvalue weighted by atomic mass is 9.51. The van der Waals surface area contributed by atoms with Gasteiger partial charge in [0.15, 0.2) is 11.5 Å². The number of amides is 1. The maximum absolute atomic E-state index is 13.7. The summed E-state index contributed by atoms with van der Waals surface area (Å²) in [4.78, 5) is 24.8. The first kappa shape index (κ1) is 18.8. The fourth-order valence-corrected chi connectivity index (χ4v) is 6.11. The molecule has 3 aliphatic rings. The summed E-state index contributed by atoms with van der Waals surface area (Å²) in [5, 5.41) is 0. The number of benzene rings is 2. The molecule has 0 radical (unpaired) electrons. The van der Waals surface area contributed by atoms with Gasteiger partial charge >= 0.3 is 0 Å². The van der Waals surface area contributed by atoms with E-state index in [4.69, 9.17) is 4.42 Å². The van der Waals surface area contributed by atoms with E-state index in [9.17, 15) is 4.79 Å². The lowest BCUT2D eigenvalue weighted by Crippen LogP contribution is -2.64. The minimum atomic E-state index is -0.0554. The summed E-state index contributed by atoms with van der Waals surface area (Å²) >= 11 is 0. The smallest absolute Gasteiger partial charge is 0.254 e. The number of aliphatic imine (C=N–C) groups is 1. The molecule has 158 valence electrons. The number of oxazole rings is 1. The number of hydrogen-bond donors (Lipinski definition) is 0. The van der Waals surface area contributed by atoms with E-state index in [2.05, 4.69) is 47.8 Å². The van der Waals surface area contributed by atoms with Crippen LogP contribution in [0.3, 0.4) is 0 Å². The first-order valence-corrected chi connectivity index (χ1v) is 11.1. The van der Waals surface area contributed by atoms with Crippen molar-refractivity contribution in [1.82, 2.24) is 9.88 Å². The van der Waals surface area contributed by atoms with E-state index in [1.165, 1.54) is 11.1 Å². The Morgan fingerprint density at radius 3 is 2.84 bits per heavy atom. The molecular weight excluding hydrogens is 386 g/mol. The zero-order valence-corrected chi connectivity index (χ0v) is 18.5. The maximum Gasteiger partial charge on any atom is 0.254 e. The summed E-state index contributed by atoms with van der Waals surface area (Å²) < 4.78 is 5.82. The largest absolute Gasteiger partial charge is 0.441 e. The molecule has 1 amide bonds. The molecule has 3 aromatic rings. The fraction of sp³-hybridized carbons (Fsp3) is 0.423. The van der Waals surface area contributed by atoms with Gasteiger partial charge < -0.3 is 9.32 Å². The Bertz CT molecular complexity index is 1290. The molecule has 5 nitrogen and oxygen atoms in total. The summed E-state index contributed by atoms with van der Waals surface area (Å²) in [5.74, 6) is 0.831. The van der Waals surface area contributed by atoms with Gasteiger partial charge in [-0.15, -0.1) is 0 Å². The lowest BCUT2D eigenvalue weighted by molar-refractivity contribution is -0.0261. The van der Waals surface area contributed by atoms with Crippen molar-refractivity contribution in [1.29, 1.82) is 0 Å². The molecule has 0 unspecified atom stereocenters. The minimum Gasteiger partial charge on any atom is -0.441 e. The molecule has 2 aliphatic heterocycles. The van der Waals surface area contributed by atoms with Crippen LogP contribution >= 0.6 is 0 Å². The summed E-state index contributed by atoms with van der Waals surface area (Å²) in [5.41, 5.74) is 7.27. The van der Waals surface area contributed by atoms with Crippen molar-refractivity contribution in [2.45, 2.75) is 58.4 Å². The van der Waals surface area contributed by atoms with E-state index in [-0.39, 0.29) is 22.8 Å². The third kappa shape index (κ3) is 2.46. The minimum absolute atomic E-state index is 0.0190. The van der Waals surface area contributed by atoms with E-state index in [0.717, 1.165) is 53.7 Å². The van der Waals surface area contributed by atoms with Crippen molar-refractivity contribution in [3.8, 4) is 0 Å². The van der Waals surface area contributed by atoms with Crippen LogP contribution in [0.25, 0.3) is 11.1 Å². The molecule has 0 spiro atoms. The van der Waals surface area contributed by atoms with Gasteiger partial charge in [0.05, 0.1) is 5.69 Å². The lowest BCUT2D eigenvalue weighted by Gasteiger charge is -2.60. The molecule has 0 saturated carbocycles. The molecule has 1 aromatic heterocycles. The molecule has 6 rings (SSSR count). The molecule has 2 atom stereocenters. The van der Waals surface area contributed by atoms with Gasteiger partial charge in [-0.1, -0.05) is 20.8 Å². The molecule has 2 bridgehead atoms. The first-order chi connectivity index (χ1) is 14.8. The molecule has 5 heteroatoms. The Hall–Kier alpha value is -2.95. The van der Waals surface area contributed by atoms with Gasteiger partial charge in [-0.3, -0.25) is 9.79 Å². The van der Waals surface area contributed by atoms with Crippen LogP contribution in [0.1, 0.15) is 60.1 Å². The number of nitrogens with zero attached hydrogens (tertiary/aromatic N) is 3. The monoisotopic (exact) mass is 413 g/mol. The van der Waals surface area contributed by atoms with Crippen LogP contribution in [0.15, 0.2) is 39.7 Å². The average molecular weight is 414 g/mol. The quantitative estimate of drug-likeness (QED) is 0.554. The van der Waals surface area contributed by atoms with E-state index in [1.807, 2.05) is 31.3 Å². The zero-order chi connectivity index (χ0) is 21.5. The number of hydrogen-bond acceptors (Lipinski definition) is 4. The van der Waals surface area contributed by atoms with Gasteiger partial charge in [-0.25, -0.2) is 4.98 Å². The Balaban J connectivity index is 1.43. The Morgan fingerprint density at radius 1 is 1.16 bits per heavy atom. The number of likely N-dealkylation sites (tertiary alicyclic amines) is 1. The summed E-state index contributed by atoms with van der Waals surface area (Å²) in [6, 6.07) is 10.5. The SMILES string of the molecule is Cc1nc2cc3c(cc2o1)C[C@H]1N(C(=O)c2ccc4c(c2)CC=N4)CC[C@]3(C)C1(C)C. The normalized spacial score (nSPS) is 25.5. The second kappa shape index (κ2) is 6.06. The van der Waals surface area contributed by atoms with Crippen LogP contribution in [0.4, 0.5) is 5.69 Å². The second-order valence-corrected chi connectivity index (χ2v) is 10.1. The van der Waals surface area contributed by atoms with Gasteiger partial charge in [0, 0.05) is 43.1 Å². The topological polar surface area (TPSA) is 58.7 Å². The van der Waals surface area contributed by atoms with Crippen molar-refractivity contribution in [3.63, 3.8) is 0 Å². The van der Waals surface area contributed by atoms with Crippen LogP contribution in [0.2, 0.25) is 0 Å². The Morgan fingerprint density at radius 2 is 2.00 bits per heavy atom. The summed E-state index contributed by atoms with van der Waals surface area (Å²) in [7, 11) is 0. The average Bonchev–Trinajstić information content (AvgIpc) is 3.33. The molecular formula is C26H27N3O2. The molecule has 1 aliphatic carbocycles. The predicted molar refractivity (Wildman–Crippen MR) is 121 cm³/mol. The maximum atomic E-state index is 13.7. The van der Waals surface area contributed by atoms with Gasteiger partial charge in [-0.05, 0) is 65.3 Å². The first-order valence-electron chi connectivity index (χ1n) is 11.1. The molecule has 1 saturated heterocycles. The van der Waals surface area contributed by atoms with Crippen LogP contribution in [-0.4, -0.2) is 34.6 Å². The third-order valence-electron chi connectivity index (χ3n) is 8.34. The van der Waals surface area contributed by atoms with Crippen molar-refractivity contribution < 1.29 is 9.21 Å². The van der Waals surface area contributed by atoms with Crippen molar-refractivity contribution >= 4 is 28.9 Å². The van der Waals surface area contributed by atoms with Gasteiger partial charge in [0.2, 0.25) is 0 Å². The van der Waals surface area contributed by atoms with Crippen molar-refractivity contribution in [3.05, 3.63) is 58.5 Å². The van der Waals surface area contributed by atoms with E-state index >= 15 is 0 Å². The van der Waals surface area contributed by atoms with Crippen LogP contribution in [0, 0.1) is 12.3 Å². The molecule has 1 fully saturated rings. The van der Waals surface area contributed by atoms with Gasteiger partial charge in [0.1, 0.15) is 5.52 Å². The number of fused-ring (bicyclic) bond motifs is 6. The third-order valence-corrected chi connectivity index (χ3v) is 8.34. The van der Waals surface area contributed by atoms with Crippen LogP contribution in [0.5, 0.6) is 0 Å². The predicted octanol–water partition coefficient (Wildman–Crippen LogP) is 5.15. The van der Waals surface area contributed by atoms with E-state index in [1.54, 1.807) is 0 Å². The number of carbonyl (C=O) groups is 1. The highest BCUT2D eigenvalue weighted by atomic mass is 16.3. The molecule has 0 N–H and O–H groups in total. The summed E-state index contributed by atoms with van der Waals surface area (Å²) in [6.07, 6.45) is 4.50. The number of aryl methyl sites for hydroxylation is 1. The van der Waals surface area contributed by atoms with Crippen molar-refractivity contribution in [2.24, 2.45) is 10.4 Å². The number of piperidine rings is 1. The molecule has 3 heterocycles. The fourth-order valence-electron chi connectivity index (χ4n) is 6.11. The van der Waals surface area contributed by atoms with Crippen LogP contribution in [-0.2, 0) is 18.3 Å². The highest BCUT2D eigenvalue weighted by Crippen LogP contribution is 2.56. The number of rotatable bonds is 1. The van der Waals surface area contributed by atoms with E-state index in [0.29, 0.717) is 5.89 Å². The zero-order valence-electron chi connectivity index (χ0n) is 18.5. The highest BCUT2D eigenvalue weighted by Gasteiger charge is 2.57. The highest BCUT2D eigenvalue weighted by molar-refractivity contribution is 5.96. The number of carbonyl (C=O) groups excluding carboxylic acids is 1. The van der Waals surface area contributed by atoms with Crippen molar-refractivity contribution in [2.75, 3.05) is 6.54 Å². The Labute approximate surface area is 182 Å². The number of aromatic nitrogens is 1. The standard InChI is InChI=1S/C26H27N3O2/c1-15-28-21-14-19-18(12-22(21)31-15)13-23-25(2,3)26(19,4)8-10-29(23)24(30)17-5-6-20-16(11-17)7-9-27-20/h5-6,9,11-12,14,23H,7-8,10,13H2,1-4H3/t23-,26+/m1/s1. The molecule has 31 heavy (non-hydrogen) atoms. The van der Waals surface area contributed by atoms with Gasteiger partial charge in [0.25, 0.3) is 5.91 Å². The second-order valence-electron chi connectivity index (χ2n) is 10.1. The van der Waals surface area contributed by atoms with Crippen LogP contribution < -0.4 is 0 Å². The Kier molecular flexibility index (Phi) is 3.67. The van der Waals surface area contributed by atoms with Gasteiger partial charge in [-0.2, -0.15) is 0 Å². The van der Waals surface area contributed by atoms with E-state index < -0.39 is 0 Å². The molecule has 2 aromatic carbocycles. The summed E-state index contributed by atoms with van der Waals surface area (Å²) in [6.45, 7) is 9.69.